The zero-order valence-electron chi connectivity index (χ0n) is 12.5. The predicted octanol–water partition coefficient (Wildman–Crippen LogP) is 1.57. The summed E-state index contributed by atoms with van der Waals surface area (Å²) in [5, 5.41) is 5.55. The lowest BCUT2D eigenvalue weighted by atomic mass is 10.1. The van der Waals surface area contributed by atoms with Gasteiger partial charge in [-0.2, -0.15) is 20.5 Å². The van der Waals surface area contributed by atoms with Crippen LogP contribution in [0.15, 0.2) is 18.2 Å². The number of amides is 2. The molecule has 0 aliphatic heterocycles. The van der Waals surface area contributed by atoms with Crippen molar-refractivity contribution in [3.05, 3.63) is 23.8 Å². The van der Waals surface area contributed by atoms with Gasteiger partial charge in [0.1, 0.15) is 17.1 Å². The summed E-state index contributed by atoms with van der Waals surface area (Å²) in [4.78, 5) is 23.4. The van der Waals surface area contributed by atoms with Gasteiger partial charge in [-0.25, -0.2) is 0 Å². The fourth-order valence-electron chi connectivity index (χ4n) is 2.00. The van der Waals surface area contributed by atoms with Gasteiger partial charge in [0.2, 0.25) is 11.8 Å². The molecule has 1 aromatic carbocycles. The largest absolute Gasteiger partial charge is 0.350 e. The van der Waals surface area contributed by atoms with E-state index in [2.05, 4.69) is 19.4 Å². The molecule has 0 saturated carbocycles. The number of aromatic nitrogens is 2. The Balaban J connectivity index is 1.94. The molecule has 0 radical (unpaired) electrons. The van der Waals surface area contributed by atoms with Gasteiger partial charge >= 0.3 is 0 Å². The minimum atomic E-state index is -0.491. The molecule has 2 rings (SSSR count). The number of hydrogen-bond donors (Lipinski definition) is 2. The number of carbonyl (C=O) groups is 2. The molecule has 1 heterocycles. The highest BCUT2D eigenvalue weighted by atomic mass is 32.2. The first kappa shape index (κ1) is 16.7. The van der Waals surface area contributed by atoms with Gasteiger partial charge < -0.3 is 10.6 Å². The molecule has 2 N–H and O–H groups in total. The van der Waals surface area contributed by atoms with Crippen molar-refractivity contribution in [2.45, 2.75) is 25.9 Å². The Labute approximate surface area is 137 Å². The molecular weight excluding hydrogens is 320 g/mol. The highest BCUT2D eigenvalue weighted by molar-refractivity contribution is 7.98. The standard InChI is InChI=1S/C14H18N4O2S2/c1-9(19)16-12(5-6-21-2)14(20)15-8-10-3-4-11-13(7-10)18-22-17-11/h3-4,7,12H,5-6,8H2,1-2H3,(H,15,20)(H,16,19)/t12-/m0/s1. The quantitative estimate of drug-likeness (QED) is 0.800. The van der Waals surface area contributed by atoms with E-state index in [1.165, 1.54) is 18.7 Å². The van der Waals surface area contributed by atoms with Crippen LogP contribution in [0.1, 0.15) is 18.9 Å². The maximum absolute atomic E-state index is 12.2. The topological polar surface area (TPSA) is 84.0 Å². The van der Waals surface area contributed by atoms with Gasteiger partial charge in [-0.1, -0.05) is 6.07 Å². The lowest BCUT2D eigenvalue weighted by Gasteiger charge is -2.17. The number of hydrogen-bond acceptors (Lipinski definition) is 6. The smallest absolute Gasteiger partial charge is 0.242 e. The van der Waals surface area contributed by atoms with Gasteiger partial charge in [0.05, 0.1) is 11.7 Å². The van der Waals surface area contributed by atoms with Crippen LogP contribution in [0.25, 0.3) is 11.0 Å². The summed E-state index contributed by atoms with van der Waals surface area (Å²) in [5.41, 5.74) is 2.65. The molecule has 1 aromatic heterocycles. The Morgan fingerprint density at radius 1 is 1.32 bits per heavy atom. The van der Waals surface area contributed by atoms with E-state index in [0.717, 1.165) is 22.3 Å². The Hall–Kier alpha value is -1.67. The first-order valence-corrected chi connectivity index (χ1v) is 8.97. The van der Waals surface area contributed by atoms with Crippen LogP contribution in [-0.2, 0) is 16.1 Å². The fraction of sp³-hybridized carbons (Fsp3) is 0.429. The average molecular weight is 338 g/mol. The van der Waals surface area contributed by atoms with Crippen molar-refractivity contribution in [2.75, 3.05) is 12.0 Å². The first-order valence-electron chi connectivity index (χ1n) is 6.85. The van der Waals surface area contributed by atoms with E-state index in [-0.39, 0.29) is 11.8 Å². The maximum atomic E-state index is 12.2. The summed E-state index contributed by atoms with van der Waals surface area (Å²) in [7, 11) is 0. The van der Waals surface area contributed by atoms with E-state index >= 15 is 0 Å². The van der Waals surface area contributed by atoms with Crippen LogP contribution in [0.5, 0.6) is 0 Å². The minimum absolute atomic E-state index is 0.166. The van der Waals surface area contributed by atoms with Crippen molar-refractivity contribution in [1.29, 1.82) is 0 Å². The van der Waals surface area contributed by atoms with Crippen LogP contribution in [0.4, 0.5) is 0 Å². The zero-order valence-corrected chi connectivity index (χ0v) is 14.1. The van der Waals surface area contributed by atoms with Crippen molar-refractivity contribution in [1.82, 2.24) is 19.4 Å². The van der Waals surface area contributed by atoms with Crippen LogP contribution < -0.4 is 10.6 Å². The maximum Gasteiger partial charge on any atom is 0.242 e. The van der Waals surface area contributed by atoms with Crippen molar-refractivity contribution < 1.29 is 9.59 Å². The summed E-state index contributed by atoms with van der Waals surface area (Å²) in [6.07, 6.45) is 2.58. The molecule has 22 heavy (non-hydrogen) atoms. The molecule has 0 aliphatic rings. The number of nitrogens with zero attached hydrogens (tertiary/aromatic N) is 2. The van der Waals surface area contributed by atoms with E-state index in [1.54, 1.807) is 11.8 Å². The van der Waals surface area contributed by atoms with Gasteiger partial charge in [-0.05, 0) is 36.1 Å². The van der Waals surface area contributed by atoms with Crippen LogP contribution in [-0.4, -0.2) is 38.6 Å². The lowest BCUT2D eigenvalue weighted by molar-refractivity contribution is -0.128. The number of fused-ring (bicyclic) bond motifs is 1. The zero-order chi connectivity index (χ0) is 15.9. The number of benzene rings is 1. The monoisotopic (exact) mass is 338 g/mol. The molecule has 0 unspecified atom stereocenters. The Kier molecular flexibility index (Phi) is 6.14. The fourth-order valence-corrected chi connectivity index (χ4v) is 2.99. The van der Waals surface area contributed by atoms with Crippen molar-refractivity contribution >= 4 is 46.3 Å². The second kappa shape index (κ2) is 8.09. The number of thioether (sulfide) groups is 1. The molecule has 1 atom stereocenters. The second-order valence-corrected chi connectivity index (χ2v) is 6.35. The van der Waals surface area contributed by atoms with E-state index in [1.807, 2.05) is 24.5 Å². The highest BCUT2D eigenvalue weighted by Gasteiger charge is 2.18. The van der Waals surface area contributed by atoms with Gasteiger partial charge in [0.25, 0.3) is 0 Å². The number of rotatable bonds is 7. The molecular formula is C14H18N4O2S2. The minimum Gasteiger partial charge on any atom is -0.350 e. The van der Waals surface area contributed by atoms with Gasteiger partial charge in [0.15, 0.2) is 0 Å². The highest BCUT2D eigenvalue weighted by Crippen LogP contribution is 2.13. The third-order valence-corrected chi connectivity index (χ3v) is 4.29. The molecule has 0 fully saturated rings. The van der Waals surface area contributed by atoms with E-state index in [0.29, 0.717) is 13.0 Å². The summed E-state index contributed by atoms with van der Waals surface area (Å²) < 4.78 is 8.32. The van der Waals surface area contributed by atoms with Crippen LogP contribution in [0.3, 0.4) is 0 Å². The summed E-state index contributed by atoms with van der Waals surface area (Å²) in [5.74, 6) is 0.450. The van der Waals surface area contributed by atoms with Crippen LogP contribution in [0, 0.1) is 0 Å². The van der Waals surface area contributed by atoms with E-state index in [4.69, 9.17) is 0 Å². The first-order chi connectivity index (χ1) is 10.6. The van der Waals surface area contributed by atoms with E-state index in [9.17, 15) is 9.59 Å². The third-order valence-electron chi connectivity index (χ3n) is 3.09. The van der Waals surface area contributed by atoms with Crippen molar-refractivity contribution in [2.24, 2.45) is 0 Å². The molecule has 6 nitrogen and oxygen atoms in total. The van der Waals surface area contributed by atoms with Gasteiger partial charge in [-0.3, -0.25) is 9.59 Å². The molecule has 118 valence electrons. The molecule has 8 heteroatoms. The van der Waals surface area contributed by atoms with Crippen molar-refractivity contribution in [3.63, 3.8) is 0 Å². The molecule has 2 aromatic rings. The summed E-state index contributed by atoms with van der Waals surface area (Å²) in [6.45, 7) is 1.82. The summed E-state index contributed by atoms with van der Waals surface area (Å²) in [6, 6.07) is 5.22. The number of nitrogens with one attached hydrogen (secondary N) is 2. The van der Waals surface area contributed by atoms with Gasteiger partial charge in [-0.15, -0.1) is 0 Å². The Morgan fingerprint density at radius 2 is 2.09 bits per heavy atom. The van der Waals surface area contributed by atoms with E-state index < -0.39 is 6.04 Å². The summed E-state index contributed by atoms with van der Waals surface area (Å²) >= 11 is 2.82. The SMILES string of the molecule is CSCC[C@H](NC(C)=O)C(=O)NCc1ccc2nsnc2c1. The molecule has 0 aliphatic carbocycles. The van der Waals surface area contributed by atoms with Crippen molar-refractivity contribution in [3.8, 4) is 0 Å². The normalized spacial score (nSPS) is 12.1. The Bertz CT molecular complexity index is 659. The molecule has 0 bridgehead atoms. The number of carbonyl (C=O) groups excluding carboxylic acids is 2. The van der Waals surface area contributed by atoms with Crippen LogP contribution in [0.2, 0.25) is 0 Å². The molecule has 0 saturated heterocycles. The third kappa shape index (κ3) is 4.67. The Morgan fingerprint density at radius 3 is 2.82 bits per heavy atom. The van der Waals surface area contributed by atoms with Crippen LogP contribution >= 0.6 is 23.5 Å². The predicted molar refractivity (Wildman–Crippen MR) is 89.9 cm³/mol. The lowest BCUT2D eigenvalue weighted by Crippen LogP contribution is -2.46. The average Bonchev–Trinajstić information content (AvgIpc) is 2.96. The van der Waals surface area contributed by atoms with Gasteiger partial charge in [0, 0.05) is 13.5 Å². The molecule has 0 spiro atoms. The second-order valence-electron chi connectivity index (χ2n) is 4.84. The molecule has 2 amide bonds.